The molecule has 1 N–H and O–H groups in total. The number of carbonyl (C=O) groups is 1. The molecule has 0 aliphatic carbocycles. The molecule has 0 radical (unpaired) electrons. The van der Waals surface area contributed by atoms with E-state index in [-0.39, 0.29) is 5.97 Å². The van der Waals surface area contributed by atoms with E-state index in [0.717, 1.165) is 33.7 Å². The summed E-state index contributed by atoms with van der Waals surface area (Å²) in [6, 6.07) is 15.0. The number of aryl methyl sites for hydroxylation is 1. The van der Waals surface area contributed by atoms with Crippen LogP contribution in [-0.4, -0.2) is 24.7 Å². The molecule has 3 aromatic rings. The van der Waals surface area contributed by atoms with Crippen LogP contribution in [0.5, 0.6) is 5.75 Å². The lowest BCUT2D eigenvalue weighted by atomic mass is 10.1. The van der Waals surface area contributed by atoms with Crippen LogP contribution in [0, 0.1) is 6.92 Å². The first-order valence-electron chi connectivity index (χ1n) is 8.10. The number of fused-ring (bicyclic) bond motifs is 1. The highest BCUT2D eigenvalue weighted by molar-refractivity contribution is 5.95. The number of rotatable bonds is 5. The van der Waals surface area contributed by atoms with Gasteiger partial charge in [-0.25, -0.2) is 4.79 Å². The smallest absolute Gasteiger partial charge is 0.338 e. The molecule has 1 aromatic heterocycles. The predicted molar refractivity (Wildman–Crippen MR) is 98.7 cm³/mol. The molecule has 3 rings (SSSR count). The van der Waals surface area contributed by atoms with E-state index in [0.29, 0.717) is 12.2 Å². The van der Waals surface area contributed by atoms with Crippen LogP contribution in [0.1, 0.15) is 23.0 Å². The first-order chi connectivity index (χ1) is 12.1. The van der Waals surface area contributed by atoms with Gasteiger partial charge in [-0.3, -0.25) is 4.98 Å². The molecule has 0 aliphatic rings. The highest BCUT2D eigenvalue weighted by Crippen LogP contribution is 2.29. The molecule has 0 saturated carbocycles. The average molecular weight is 336 g/mol. The van der Waals surface area contributed by atoms with Gasteiger partial charge in [-0.1, -0.05) is 6.07 Å². The molecule has 1 heterocycles. The monoisotopic (exact) mass is 336 g/mol. The van der Waals surface area contributed by atoms with Gasteiger partial charge in [0.2, 0.25) is 0 Å². The largest absolute Gasteiger partial charge is 0.497 e. The molecule has 128 valence electrons. The van der Waals surface area contributed by atoms with Gasteiger partial charge in [0.15, 0.2) is 0 Å². The number of pyridine rings is 1. The highest BCUT2D eigenvalue weighted by Gasteiger charge is 2.09. The molecule has 0 bridgehead atoms. The molecule has 0 aliphatic heterocycles. The Morgan fingerprint density at radius 2 is 2.00 bits per heavy atom. The third-order valence-corrected chi connectivity index (χ3v) is 3.80. The number of aromatic nitrogens is 1. The molecular weight excluding hydrogens is 316 g/mol. The molecule has 25 heavy (non-hydrogen) atoms. The van der Waals surface area contributed by atoms with Crippen LogP contribution < -0.4 is 10.1 Å². The molecule has 0 atom stereocenters. The molecule has 0 amide bonds. The molecule has 0 unspecified atom stereocenters. The normalized spacial score (nSPS) is 10.5. The number of nitrogens with one attached hydrogen (secondary N) is 1. The Hall–Kier alpha value is -3.08. The average Bonchev–Trinajstić information content (AvgIpc) is 2.61. The summed E-state index contributed by atoms with van der Waals surface area (Å²) in [4.78, 5) is 16.5. The van der Waals surface area contributed by atoms with Crippen LogP contribution in [0.2, 0.25) is 0 Å². The maximum atomic E-state index is 11.9. The first-order valence-corrected chi connectivity index (χ1v) is 8.10. The van der Waals surface area contributed by atoms with Crippen molar-refractivity contribution < 1.29 is 14.3 Å². The van der Waals surface area contributed by atoms with Gasteiger partial charge in [-0.2, -0.15) is 0 Å². The van der Waals surface area contributed by atoms with Crippen LogP contribution in [0.15, 0.2) is 48.5 Å². The summed E-state index contributed by atoms with van der Waals surface area (Å²) in [5.41, 5.74) is 4.00. The van der Waals surface area contributed by atoms with Crippen LogP contribution in [-0.2, 0) is 4.74 Å². The van der Waals surface area contributed by atoms with Crippen molar-refractivity contribution >= 4 is 28.2 Å². The number of benzene rings is 2. The van der Waals surface area contributed by atoms with Gasteiger partial charge in [-0.15, -0.1) is 0 Å². The van der Waals surface area contributed by atoms with Gasteiger partial charge < -0.3 is 14.8 Å². The zero-order valence-corrected chi connectivity index (χ0v) is 14.5. The number of hydrogen-bond acceptors (Lipinski definition) is 5. The second kappa shape index (κ2) is 7.21. The summed E-state index contributed by atoms with van der Waals surface area (Å²) in [5, 5.41) is 4.35. The van der Waals surface area contributed by atoms with Crippen molar-refractivity contribution in [2.45, 2.75) is 13.8 Å². The van der Waals surface area contributed by atoms with Gasteiger partial charge >= 0.3 is 5.97 Å². The van der Waals surface area contributed by atoms with Crippen LogP contribution in [0.3, 0.4) is 0 Å². The maximum Gasteiger partial charge on any atom is 0.338 e. The first kappa shape index (κ1) is 16.8. The number of anilines is 2. The van der Waals surface area contributed by atoms with Crippen molar-refractivity contribution in [1.29, 1.82) is 0 Å². The Morgan fingerprint density at radius 3 is 2.76 bits per heavy atom. The zero-order valence-electron chi connectivity index (χ0n) is 14.5. The summed E-state index contributed by atoms with van der Waals surface area (Å²) in [7, 11) is 1.64. The summed E-state index contributed by atoms with van der Waals surface area (Å²) in [6.07, 6.45) is 0. The van der Waals surface area contributed by atoms with Gasteiger partial charge in [-0.05, 0) is 50.2 Å². The second-order valence-corrected chi connectivity index (χ2v) is 5.62. The van der Waals surface area contributed by atoms with E-state index in [1.165, 1.54) is 0 Å². The molecule has 5 heteroatoms. The topological polar surface area (TPSA) is 60.5 Å². The minimum absolute atomic E-state index is 0.327. The highest BCUT2D eigenvalue weighted by atomic mass is 16.5. The van der Waals surface area contributed by atoms with Crippen molar-refractivity contribution in [3.05, 3.63) is 59.8 Å². The molecule has 0 spiro atoms. The Labute approximate surface area is 146 Å². The van der Waals surface area contributed by atoms with E-state index >= 15 is 0 Å². The van der Waals surface area contributed by atoms with E-state index < -0.39 is 0 Å². The quantitative estimate of drug-likeness (QED) is 0.697. The van der Waals surface area contributed by atoms with Crippen LogP contribution in [0.25, 0.3) is 10.9 Å². The van der Waals surface area contributed by atoms with Crippen LogP contribution >= 0.6 is 0 Å². The molecular formula is C20H20N2O3. The summed E-state index contributed by atoms with van der Waals surface area (Å²) >= 11 is 0. The second-order valence-electron chi connectivity index (χ2n) is 5.62. The summed E-state index contributed by atoms with van der Waals surface area (Å²) in [5.74, 6) is 0.438. The molecule has 0 fully saturated rings. The lowest BCUT2D eigenvalue weighted by molar-refractivity contribution is 0.0526. The number of methoxy groups -OCH3 is 1. The number of hydrogen-bond donors (Lipinski definition) is 1. The molecule has 2 aromatic carbocycles. The lowest BCUT2D eigenvalue weighted by Crippen LogP contribution is -2.05. The minimum atomic E-state index is -0.327. The van der Waals surface area contributed by atoms with Crippen molar-refractivity contribution in [3.8, 4) is 5.75 Å². The van der Waals surface area contributed by atoms with E-state index in [1.807, 2.05) is 43.3 Å². The fourth-order valence-electron chi connectivity index (χ4n) is 2.66. The minimum Gasteiger partial charge on any atom is -0.497 e. The predicted octanol–water partition coefficient (Wildman–Crippen LogP) is 4.47. The van der Waals surface area contributed by atoms with Gasteiger partial charge in [0.1, 0.15) is 5.75 Å². The molecule has 5 nitrogen and oxygen atoms in total. The van der Waals surface area contributed by atoms with E-state index in [2.05, 4.69) is 10.3 Å². The summed E-state index contributed by atoms with van der Waals surface area (Å²) in [6.45, 7) is 4.09. The van der Waals surface area contributed by atoms with Gasteiger partial charge in [0.25, 0.3) is 0 Å². The third kappa shape index (κ3) is 3.71. The SMILES string of the molecule is CCOC(=O)c1cccc(Nc2cc(C)nc3cc(OC)ccc23)c1. The van der Waals surface area contributed by atoms with Gasteiger partial charge in [0.05, 0.1) is 24.8 Å². The van der Waals surface area contributed by atoms with Crippen molar-refractivity contribution in [2.75, 3.05) is 19.0 Å². The van der Waals surface area contributed by atoms with Crippen molar-refractivity contribution in [3.63, 3.8) is 0 Å². The number of ether oxygens (including phenoxy) is 2. The molecule has 0 saturated heterocycles. The zero-order chi connectivity index (χ0) is 17.8. The van der Waals surface area contributed by atoms with Crippen LogP contribution in [0.4, 0.5) is 11.4 Å². The standard InChI is InChI=1S/C20H20N2O3/c1-4-25-20(23)14-6-5-7-15(11-14)22-18-10-13(2)21-19-12-16(24-3)8-9-17(18)19/h5-12H,4H2,1-3H3,(H,21,22). The third-order valence-electron chi connectivity index (χ3n) is 3.80. The number of esters is 1. The Bertz CT molecular complexity index is 922. The lowest BCUT2D eigenvalue weighted by Gasteiger charge is -2.12. The Balaban J connectivity index is 1.98. The van der Waals surface area contributed by atoms with E-state index in [4.69, 9.17) is 9.47 Å². The van der Waals surface area contributed by atoms with Crippen molar-refractivity contribution in [2.24, 2.45) is 0 Å². The Morgan fingerprint density at radius 1 is 1.16 bits per heavy atom. The van der Waals surface area contributed by atoms with Gasteiger partial charge in [0, 0.05) is 28.5 Å². The summed E-state index contributed by atoms with van der Waals surface area (Å²) < 4.78 is 10.3. The number of carbonyl (C=O) groups excluding carboxylic acids is 1. The maximum absolute atomic E-state index is 11.9. The fraction of sp³-hybridized carbons (Fsp3) is 0.200. The number of nitrogens with zero attached hydrogens (tertiary/aromatic N) is 1. The fourth-order valence-corrected chi connectivity index (χ4v) is 2.66. The van der Waals surface area contributed by atoms with E-state index in [9.17, 15) is 4.79 Å². The van der Waals surface area contributed by atoms with Crippen molar-refractivity contribution in [1.82, 2.24) is 4.98 Å². The van der Waals surface area contributed by atoms with E-state index in [1.54, 1.807) is 26.2 Å². The Kier molecular flexibility index (Phi) is 4.84.